The molecule has 2 heterocycles. The first-order chi connectivity index (χ1) is 10.8. The van der Waals surface area contributed by atoms with Crippen molar-refractivity contribution in [2.24, 2.45) is 0 Å². The Balaban J connectivity index is 1.82. The molecule has 7 nitrogen and oxygen atoms in total. The summed E-state index contributed by atoms with van der Waals surface area (Å²) in [5.74, 6) is 2.69. The van der Waals surface area contributed by atoms with Crippen molar-refractivity contribution in [2.45, 2.75) is 12.8 Å². The monoisotopic (exact) mass is 301 g/mol. The summed E-state index contributed by atoms with van der Waals surface area (Å²) < 4.78 is 10.6. The molecular formula is C15H19N5O2. The highest BCUT2D eigenvalue weighted by molar-refractivity contribution is 5.64. The number of aromatic nitrogens is 3. The van der Waals surface area contributed by atoms with Crippen LogP contribution in [0, 0.1) is 0 Å². The Morgan fingerprint density at radius 1 is 1.14 bits per heavy atom. The van der Waals surface area contributed by atoms with Crippen molar-refractivity contribution in [3.8, 4) is 11.5 Å². The van der Waals surface area contributed by atoms with Gasteiger partial charge >= 0.3 is 0 Å². The SMILES string of the molecule is COc1ccc(Nc2nncc(N3CCCC3)n2)c(OC)c1. The van der Waals surface area contributed by atoms with Crippen molar-refractivity contribution in [1.29, 1.82) is 0 Å². The van der Waals surface area contributed by atoms with Crippen LogP contribution in [-0.4, -0.2) is 42.5 Å². The van der Waals surface area contributed by atoms with Crippen LogP contribution in [0.25, 0.3) is 0 Å². The minimum Gasteiger partial charge on any atom is -0.497 e. The Hall–Kier alpha value is -2.57. The molecule has 1 aliphatic rings. The van der Waals surface area contributed by atoms with Gasteiger partial charge in [0.1, 0.15) is 11.5 Å². The zero-order valence-electron chi connectivity index (χ0n) is 12.7. The lowest BCUT2D eigenvalue weighted by atomic mass is 10.2. The standard InChI is InChI=1S/C15H19N5O2/c1-21-11-5-6-12(13(9-11)22-2)17-15-18-14(10-16-19-15)20-7-3-4-8-20/h5-6,9-10H,3-4,7-8H2,1-2H3,(H,17,18,19). The van der Waals surface area contributed by atoms with Gasteiger partial charge in [-0.2, -0.15) is 10.1 Å². The van der Waals surface area contributed by atoms with Crippen molar-refractivity contribution in [2.75, 3.05) is 37.5 Å². The third kappa shape index (κ3) is 3.03. The maximum atomic E-state index is 5.36. The quantitative estimate of drug-likeness (QED) is 0.907. The van der Waals surface area contributed by atoms with Crippen molar-refractivity contribution in [1.82, 2.24) is 15.2 Å². The van der Waals surface area contributed by atoms with Crippen LogP contribution in [-0.2, 0) is 0 Å². The Bertz CT molecular complexity index is 644. The molecule has 1 aliphatic heterocycles. The van der Waals surface area contributed by atoms with E-state index in [0.717, 1.165) is 30.3 Å². The molecule has 1 aromatic heterocycles. The van der Waals surface area contributed by atoms with E-state index >= 15 is 0 Å². The van der Waals surface area contributed by atoms with Crippen LogP contribution in [0.2, 0.25) is 0 Å². The number of ether oxygens (including phenoxy) is 2. The Morgan fingerprint density at radius 3 is 2.68 bits per heavy atom. The van der Waals surface area contributed by atoms with E-state index in [0.29, 0.717) is 11.7 Å². The summed E-state index contributed by atoms with van der Waals surface area (Å²) in [5.41, 5.74) is 0.767. The molecule has 0 atom stereocenters. The summed E-state index contributed by atoms with van der Waals surface area (Å²) in [4.78, 5) is 6.74. The number of nitrogens with one attached hydrogen (secondary N) is 1. The summed E-state index contributed by atoms with van der Waals surface area (Å²) in [6.45, 7) is 2.04. The molecule has 116 valence electrons. The lowest BCUT2D eigenvalue weighted by Gasteiger charge is -2.16. The van der Waals surface area contributed by atoms with E-state index in [1.165, 1.54) is 12.8 Å². The summed E-state index contributed by atoms with van der Waals surface area (Å²) >= 11 is 0. The molecule has 7 heteroatoms. The van der Waals surface area contributed by atoms with Gasteiger partial charge in [-0.05, 0) is 25.0 Å². The van der Waals surface area contributed by atoms with Gasteiger partial charge in [-0.15, -0.1) is 5.10 Å². The van der Waals surface area contributed by atoms with Crippen LogP contribution in [0.15, 0.2) is 24.4 Å². The van der Waals surface area contributed by atoms with Crippen LogP contribution in [0.1, 0.15) is 12.8 Å². The van der Waals surface area contributed by atoms with Crippen LogP contribution >= 0.6 is 0 Å². The highest BCUT2D eigenvalue weighted by Crippen LogP contribution is 2.30. The van der Waals surface area contributed by atoms with Gasteiger partial charge in [-0.3, -0.25) is 0 Å². The first kappa shape index (κ1) is 14.4. The van der Waals surface area contributed by atoms with Crippen molar-refractivity contribution in [3.63, 3.8) is 0 Å². The maximum absolute atomic E-state index is 5.36. The Morgan fingerprint density at radius 2 is 1.95 bits per heavy atom. The fraction of sp³-hybridized carbons (Fsp3) is 0.400. The van der Waals surface area contributed by atoms with E-state index in [2.05, 4.69) is 25.4 Å². The number of nitrogens with zero attached hydrogens (tertiary/aromatic N) is 4. The highest BCUT2D eigenvalue weighted by atomic mass is 16.5. The fourth-order valence-electron chi connectivity index (χ4n) is 2.47. The average molecular weight is 301 g/mol. The zero-order valence-corrected chi connectivity index (χ0v) is 12.7. The Labute approximate surface area is 129 Å². The summed E-state index contributed by atoms with van der Waals surface area (Å²) in [6.07, 6.45) is 4.08. The van der Waals surface area contributed by atoms with E-state index in [-0.39, 0.29) is 0 Å². The first-order valence-corrected chi connectivity index (χ1v) is 7.24. The van der Waals surface area contributed by atoms with Gasteiger partial charge in [0.15, 0.2) is 5.82 Å². The fourth-order valence-corrected chi connectivity index (χ4v) is 2.47. The molecular weight excluding hydrogens is 282 g/mol. The molecule has 1 N–H and O–H groups in total. The highest BCUT2D eigenvalue weighted by Gasteiger charge is 2.15. The Kier molecular flexibility index (Phi) is 4.22. The van der Waals surface area contributed by atoms with Gasteiger partial charge in [0.25, 0.3) is 0 Å². The minimum atomic E-state index is 0.452. The second-order valence-electron chi connectivity index (χ2n) is 5.02. The number of benzene rings is 1. The molecule has 22 heavy (non-hydrogen) atoms. The lowest BCUT2D eigenvalue weighted by molar-refractivity contribution is 0.395. The predicted molar refractivity (Wildman–Crippen MR) is 84.1 cm³/mol. The second kappa shape index (κ2) is 6.46. The molecule has 0 amide bonds. The number of methoxy groups -OCH3 is 2. The normalized spacial score (nSPS) is 14.0. The van der Waals surface area contributed by atoms with Crippen molar-refractivity contribution in [3.05, 3.63) is 24.4 Å². The molecule has 3 rings (SSSR count). The molecule has 0 spiro atoms. The van der Waals surface area contributed by atoms with Crippen LogP contribution in [0.3, 0.4) is 0 Å². The topological polar surface area (TPSA) is 72.4 Å². The largest absolute Gasteiger partial charge is 0.497 e. The summed E-state index contributed by atoms with van der Waals surface area (Å²) in [5, 5.41) is 11.2. The van der Waals surface area contributed by atoms with Gasteiger partial charge < -0.3 is 19.7 Å². The third-order valence-corrected chi connectivity index (χ3v) is 3.63. The van der Waals surface area contributed by atoms with E-state index in [9.17, 15) is 0 Å². The molecule has 1 saturated heterocycles. The molecule has 1 fully saturated rings. The van der Waals surface area contributed by atoms with E-state index in [1.807, 2.05) is 12.1 Å². The van der Waals surface area contributed by atoms with Crippen molar-refractivity contribution < 1.29 is 9.47 Å². The molecule has 1 aromatic carbocycles. The van der Waals surface area contributed by atoms with Crippen LogP contribution in [0.5, 0.6) is 11.5 Å². The maximum Gasteiger partial charge on any atom is 0.249 e. The molecule has 0 bridgehead atoms. The van der Waals surface area contributed by atoms with Crippen LogP contribution < -0.4 is 19.7 Å². The third-order valence-electron chi connectivity index (χ3n) is 3.63. The van der Waals surface area contributed by atoms with Crippen LogP contribution in [0.4, 0.5) is 17.5 Å². The van der Waals surface area contributed by atoms with E-state index < -0.39 is 0 Å². The second-order valence-corrected chi connectivity index (χ2v) is 5.02. The van der Waals surface area contributed by atoms with Gasteiger partial charge in [0.05, 0.1) is 26.1 Å². The van der Waals surface area contributed by atoms with E-state index in [4.69, 9.17) is 9.47 Å². The average Bonchev–Trinajstić information content (AvgIpc) is 3.10. The molecule has 0 saturated carbocycles. The number of anilines is 3. The summed E-state index contributed by atoms with van der Waals surface area (Å²) in [6, 6.07) is 5.52. The number of rotatable bonds is 5. The van der Waals surface area contributed by atoms with Gasteiger partial charge in [-0.1, -0.05) is 0 Å². The van der Waals surface area contributed by atoms with Gasteiger partial charge in [0.2, 0.25) is 5.95 Å². The van der Waals surface area contributed by atoms with E-state index in [1.54, 1.807) is 26.5 Å². The molecule has 0 radical (unpaired) electrons. The molecule has 0 aliphatic carbocycles. The number of hydrogen-bond donors (Lipinski definition) is 1. The van der Waals surface area contributed by atoms with Gasteiger partial charge in [-0.25, -0.2) is 0 Å². The minimum absolute atomic E-state index is 0.452. The molecule has 2 aromatic rings. The van der Waals surface area contributed by atoms with Gasteiger partial charge in [0, 0.05) is 19.2 Å². The number of hydrogen-bond acceptors (Lipinski definition) is 7. The summed E-state index contributed by atoms with van der Waals surface area (Å²) in [7, 11) is 3.23. The van der Waals surface area contributed by atoms with Crippen molar-refractivity contribution >= 4 is 17.5 Å². The zero-order chi connectivity index (χ0) is 15.4. The molecule has 0 unspecified atom stereocenters. The predicted octanol–water partition coefficient (Wildman–Crippen LogP) is 2.23. The first-order valence-electron chi connectivity index (χ1n) is 7.24. The smallest absolute Gasteiger partial charge is 0.249 e. The lowest BCUT2D eigenvalue weighted by Crippen LogP contribution is -2.20.